The zero-order valence-corrected chi connectivity index (χ0v) is 25.6. The molecule has 0 saturated heterocycles. The van der Waals surface area contributed by atoms with Crippen LogP contribution in [0.1, 0.15) is 101 Å². The molecule has 0 radical (unpaired) electrons. The van der Waals surface area contributed by atoms with E-state index in [-0.39, 0.29) is 47.6 Å². The summed E-state index contributed by atoms with van der Waals surface area (Å²) in [5.41, 5.74) is -0.216. The van der Waals surface area contributed by atoms with Crippen LogP contribution in [0.2, 0.25) is 0 Å². The van der Waals surface area contributed by atoms with Crippen LogP contribution < -0.4 is 26.6 Å². The van der Waals surface area contributed by atoms with E-state index in [1.165, 1.54) is 6.92 Å². The third-order valence-corrected chi connectivity index (χ3v) is 6.00. The Balaban J connectivity index is 4.74. The van der Waals surface area contributed by atoms with Crippen molar-refractivity contribution in [1.82, 2.24) is 26.6 Å². The first kappa shape index (κ1) is 36.3. The smallest absolute Gasteiger partial charge is 0.326 e. The maximum Gasteiger partial charge on any atom is 0.326 e. The van der Waals surface area contributed by atoms with Crippen LogP contribution in [0.3, 0.4) is 0 Å². The number of carboxylic acid groups (broad SMARTS) is 1. The summed E-state index contributed by atoms with van der Waals surface area (Å²) in [6, 6.07) is -3.31. The van der Waals surface area contributed by atoms with Gasteiger partial charge in [-0.05, 0) is 71.6 Å². The third-order valence-electron chi connectivity index (χ3n) is 6.00. The topological polar surface area (TPSA) is 166 Å². The number of carbonyl (C=O) groups is 5. The summed E-state index contributed by atoms with van der Waals surface area (Å²) < 4.78 is 0. The van der Waals surface area contributed by atoms with Crippen molar-refractivity contribution in [2.24, 2.45) is 11.3 Å². The second kappa shape index (κ2) is 16.4. The van der Waals surface area contributed by atoms with Crippen LogP contribution >= 0.6 is 0 Å². The van der Waals surface area contributed by atoms with Gasteiger partial charge in [0.2, 0.25) is 23.6 Å². The number of rotatable bonds is 16. The van der Waals surface area contributed by atoms with Gasteiger partial charge < -0.3 is 31.7 Å². The van der Waals surface area contributed by atoms with E-state index in [9.17, 15) is 29.1 Å². The van der Waals surface area contributed by atoms with Gasteiger partial charge >= 0.3 is 5.97 Å². The van der Waals surface area contributed by atoms with E-state index >= 15 is 0 Å². The van der Waals surface area contributed by atoms with Crippen LogP contribution in [0.15, 0.2) is 0 Å². The van der Waals surface area contributed by atoms with Crippen molar-refractivity contribution >= 4 is 29.6 Å². The Labute approximate surface area is 234 Å². The normalized spacial score (nSPS) is 15.1. The number of hydrogen-bond donors (Lipinski definition) is 6. The molecule has 0 aliphatic carbocycles. The highest BCUT2D eigenvalue weighted by Crippen LogP contribution is 2.20. The lowest BCUT2D eigenvalue weighted by molar-refractivity contribution is -0.142. The van der Waals surface area contributed by atoms with Gasteiger partial charge in [0.05, 0.1) is 6.04 Å². The van der Waals surface area contributed by atoms with Gasteiger partial charge in [-0.1, -0.05) is 34.6 Å². The first-order valence-electron chi connectivity index (χ1n) is 13.9. The summed E-state index contributed by atoms with van der Waals surface area (Å²) in [5.74, 6) is -2.90. The van der Waals surface area contributed by atoms with Gasteiger partial charge in [-0.3, -0.25) is 19.2 Å². The standard InChI is InChI=1S/C28H53N5O6/c1-17(2)22(32-21(34)14-15-27(5,6)7)25(37)30-18(3)24(36)31-20(26(38)39)13-11-12-16-29-23(35)19(4)33-28(8,9)10/h17-20,22,33H,11-16H2,1-10H3,(H,29,35)(H,30,37)(H,31,36)(H,32,34)(H,38,39)/t18-,19+,20-,22-/m0/s1. The van der Waals surface area contributed by atoms with Gasteiger partial charge in [-0.15, -0.1) is 0 Å². The van der Waals surface area contributed by atoms with Crippen molar-refractivity contribution in [3.8, 4) is 0 Å². The van der Waals surface area contributed by atoms with Crippen LogP contribution in [-0.4, -0.2) is 71.0 Å². The maximum absolute atomic E-state index is 12.8. The lowest BCUT2D eigenvalue weighted by atomic mass is 9.90. The second-order valence-electron chi connectivity index (χ2n) is 12.9. The van der Waals surface area contributed by atoms with E-state index in [4.69, 9.17) is 0 Å². The third kappa shape index (κ3) is 16.8. The molecule has 39 heavy (non-hydrogen) atoms. The SMILES string of the molecule is CC(C)[C@H](NC(=O)CCC(C)(C)C)C(=O)N[C@@H](C)C(=O)N[C@@H](CCCCNC(=O)[C@@H](C)NC(C)(C)C)C(=O)O. The Morgan fingerprint density at radius 2 is 1.33 bits per heavy atom. The average molecular weight is 556 g/mol. The fourth-order valence-electron chi connectivity index (χ4n) is 3.75. The molecule has 0 aliphatic heterocycles. The molecule has 4 atom stereocenters. The number of carbonyl (C=O) groups excluding carboxylic acids is 4. The second-order valence-corrected chi connectivity index (χ2v) is 12.9. The molecule has 0 heterocycles. The minimum absolute atomic E-state index is 0.0176. The van der Waals surface area contributed by atoms with Crippen molar-refractivity contribution in [2.45, 2.75) is 131 Å². The summed E-state index contributed by atoms with van der Waals surface area (Å²) in [6.45, 7) is 19.2. The maximum atomic E-state index is 12.8. The quantitative estimate of drug-likeness (QED) is 0.159. The molecule has 0 rings (SSSR count). The first-order chi connectivity index (χ1) is 17.7. The van der Waals surface area contributed by atoms with Crippen molar-refractivity contribution < 1.29 is 29.1 Å². The van der Waals surface area contributed by atoms with Crippen LogP contribution in [0.25, 0.3) is 0 Å². The summed E-state index contributed by atoms with van der Waals surface area (Å²) in [4.78, 5) is 61.7. The highest BCUT2D eigenvalue weighted by atomic mass is 16.4. The van der Waals surface area contributed by atoms with Gasteiger partial charge in [-0.25, -0.2) is 4.79 Å². The first-order valence-corrected chi connectivity index (χ1v) is 13.9. The Morgan fingerprint density at radius 3 is 1.82 bits per heavy atom. The fraction of sp³-hybridized carbons (Fsp3) is 0.821. The number of nitrogens with one attached hydrogen (secondary N) is 5. The lowest BCUT2D eigenvalue weighted by Crippen LogP contribution is -2.56. The molecule has 6 N–H and O–H groups in total. The monoisotopic (exact) mass is 555 g/mol. The number of aliphatic carboxylic acids is 1. The van der Waals surface area contributed by atoms with Gasteiger partial charge in [0.1, 0.15) is 18.1 Å². The minimum atomic E-state index is -1.18. The molecule has 0 aromatic heterocycles. The molecule has 226 valence electrons. The van der Waals surface area contributed by atoms with Crippen LogP contribution in [0, 0.1) is 11.3 Å². The van der Waals surface area contributed by atoms with E-state index in [1.54, 1.807) is 20.8 Å². The molecular weight excluding hydrogens is 502 g/mol. The van der Waals surface area contributed by atoms with E-state index in [0.717, 1.165) is 0 Å². The van der Waals surface area contributed by atoms with Gasteiger partial charge in [0, 0.05) is 18.5 Å². The highest BCUT2D eigenvalue weighted by Gasteiger charge is 2.29. The molecule has 11 nitrogen and oxygen atoms in total. The number of unbranched alkanes of at least 4 members (excludes halogenated alkanes) is 1. The van der Waals surface area contributed by atoms with Crippen molar-refractivity contribution in [3.05, 3.63) is 0 Å². The van der Waals surface area contributed by atoms with Crippen molar-refractivity contribution in [3.63, 3.8) is 0 Å². The summed E-state index contributed by atoms with van der Waals surface area (Å²) in [7, 11) is 0. The molecule has 11 heteroatoms. The molecule has 0 aromatic carbocycles. The molecule has 0 aliphatic rings. The van der Waals surface area contributed by atoms with Crippen molar-refractivity contribution in [1.29, 1.82) is 0 Å². The largest absolute Gasteiger partial charge is 0.480 e. The van der Waals surface area contributed by atoms with Crippen LogP contribution in [0.4, 0.5) is 0 Å². The molecule has 0 fully saturated rings. The van der Waals surface area contributed by atoms with Crippen molar-refractivity contribution in [2.75, 3.05) is 6.54 Å². The minimum Gasteiger partial charge on any atom is -0.480 e. The predicted molar refractivity (Wildman–Crippen MR) is 152 cm³/mol. The Bertz CT molecular complexity index is 831. The summed E-state index contributed by atoms with van der Waals surface area (Å²) in [6.07, 6.45) is 2.14. The molecule has 0 saturated carbocycles. The number of amides is 4. The highest BCUT2D eigenvalue weighted by molar-refractivity contribution is 5.93. The molecule has 0 aromatic rings. The molecule has 4 amide bonds. The average Bonchev–Trinajstić information content (AvgIpc) is 2.77. The zero-order valence-electron chi connectivity index (χ0n) is 25.6. The summed E-state index contributed by atoms with van der Waals surface area (Å²) >= 11 is 0. The van der Waals surface area contributed by atoms with E-state index in [0.29, 0.717) is 25.8 Å². The predicted octanol–water partition coefficient (Wildman–Crippen LogP) is 2.09. The van der Waals surface area contributed by atoms with Gasteiger partial charge in [-0.2, -0.15) is 0 Å². The van der Waals surface area contributed by atoms with Gasteiger partial charge in [0.15, 0.2) is 0 Å². The molecule has 0 bridgehead atoms. The van der Waals surface area contributed by atoms with E-state index < -0.39 is 35.9 Å². The van der Waals surface area contributed by atoms with Crippen LogP contribution in [0.5, 0.6) is 0 Å². The van der Waals surface area contributed by atoms with E-state index in [1.807, 2.05) is 41.5 Å². The fourth-order valence-corrected chi connectivity index (χ4v) is 3.75. The Kier molecular flexibility index (Phi) is 15.3. The van der Waals surface area contributed by atoms with E-state index in [2.05, 4.69) is 26.6 Å². The van der Waals surface area contributed by atoms with Gasteiger partial charge in [0.25, 0.3) is 0 Å². The Hall–Kier alpha value is -2.69. The zero-order chi connectivity index (χ0) is 30.6. The number of carboxylic acids is 1. The van der Waals surface area contributed by atoms with Crippen LogP contribution in [-0.2, 0) is 24.0 Å². The number of hydrogen-bond acceptors (Lipinski definition) is 6. The molecule has 0 spiro atoms. The summed E-state index contributed by atoms with van der Waals surface area (Å²) in [5, 5.41) is 23.4. The molecular formula is C28H53N5O6. The Morgan fingerprint density at radius 1 is 0.744 bits per heavy atom. The lowest BCUT2D eigenvalue weighted by Gasteiger charge is -2.25. The molecule has 0 unspecified atom stereocenters.